The fraction of sp³-hybridized carbons (Fsp3) is 0.176. The molecule has 1 N–H and O–H groups in total. The minimum absolute atomic E-state index is 0.0000625. The molecule has 120 valence electrons. The molecule has 0 amide bonds. The smallest absolute Gasteiger partial charge is 0.158 e. The van der Waals surface area contributed by atoms with E-state index in [0.29, 0.717) is 18.5 Å². The van der Waals surface area contributed by atoms with E-state index in [1.54, 1.807) is 42.2 Å². The van der Waals surface area contributed by atoms with Crippen LogP contribution in [0.5, 0.6) is 0 Å². The summed E-state index contributed by atoms with van der Waals surface area (Å²) in [5.41, 5.74) is 0.848. The van der Waals surface area contributed by atoms with Crippen molar-refractivity contribution in [1.29, 1.82) is 0 Å². The molecule has 0 unspecified atom stereocenters. The lowest BCUT2D eigenvalue weighted by Crippen LogP contribution is -2.30. The zero-order valence-corrected chi connectivity index (χ0v) is 13.3. The second-order valence-electron chi connectivity index (χ2n) is 4.74. The number of carbonyl (C=O) groups excluding carboxylic acids is 3. The zero-order chi connectivity index (χ0) is 17.4. The van der Waals surface area contributed by atoms with Crippen LogP contribution in [0.3, 0.4) is 0 Å². The monoisotopic (exact) mass is 341 g/mol. The SMILES string of the molecule is O=C=CCCCC(=C=O)C1=C(Cl)N=C(c2ccccn2)NC1=C=O. The summed E-state index contributed by atoms with van der Waals surface area (Å²) in [5, 5.41) is 2.77. The quantitative estimate of drug-likeness (QED) is 0.485. The molecule has 7 heteroatoms. The van der Waals surface area contributed by atoms with Crippen molar-refractivity contribution in [2.24, 2.45) is 4.99 Å². The van der Waals surface area contributed by atoms with Gasteiger partial charge in [-0.25, -0.2) is 19.4 Å². The van der Waals surface area contributed by atoms with Crippen molar-refractivity contribution < 1.29 is 14.4 Å². The highest BCUT2D eigenvalue weighted by Crippen LogP contribution is 2.29. The van der Waals surface area contributed by atoms with E-state index in [2.05, 4.69) is 15.3 Å². The highest BCUT2D eigenvalue weighted by Gasteiger charge is 2.24. The normalized spacial score (nSPS) is 13.2. The highest BCUT2D eigenvalue weighted by atomic mass is 35.5. The number of hydrogen-bond acceptors (Lipinski definition) is 6. The Bertz CT molecular complexity index is 839. The summed E-state index contributed by atoms with van der Waals surface area (Å²) in [4.78, 5) is 41.0. The minimum Gasteiger partial charge on any atom is -0.329 e. The van der Waals surface area contributed by atoms with E-state index >= 15 is 0 Å². The third kappa shape index (κ3) is 4.05. The van der Waals surface area contributed by atoms with Gasteiger partial charge < -0.3 is 5.32 Å². The second kappa shape index (κ2) is 8.59. The molecule has 0 bridgehead atoms. The number of rotatable bonds is 6. The van der Waals surface area contributed by atoms with E-state index in [0.717, 1.165) is 0 Å². The van der Waals surface area contributed by atoms with Crippen LogP contribution in [0.15, 0.2) is 57.5 Å². The third-order valence-corrected chi connectivity index (χ3v) is 3.48. The van der Waals surface area contributed by atoms with Crippen LogP contribution in [0.1, 0.15) is 25.0 Å². The fourth-order valence-electron chi connectivity index (χ4n) is 2.11. The number of halogens is 1. The molecule has 1 aromatic rings. The molecule has 24 heavy (non-hydrogen) atoms. The van der Waals surface area contributed by atoms with Gasteiger partial charge in [-0.2, -0.15) is 0 Å². The molecule has 6 nitrogen and oxygen atoms in total. The van der Waals surface area contributed by atoms with Crippen molar-refractivity contribution in [3.05, 3.63) is 58.2 Å². The Labute approximate surface area is 142 Å². The molecular weight excluding hydrogens is 330 g/mol. The molecule has 0 aromatic carbocycles. The summed E-state index contributed by atoms with van der Waals surface area (Å²) in [5.74, 6) is 5.47. The highest BCUT2D eigenvalue weighted by molar-refractivity contribution is 6.32. The van der Waals surface area contributed by atoms with Crippen molar-refractivity contribution in [2.45, 2.75) is 19.3 Å². The number of unbranched alkanes of at least 4 members (excludes halogenated alkanes) is 1. The van der Waals surface area contributed by atoms with Gasteiger partial charge in [0.25, 0.3) is 0 Å². The number of amidine groups is 1. The van der Waals surface area contributed by atoms with E-state index in [4.69, 9.17) is 11.6 Å². The maximum atomic E-state index is 11.3. The first kappa shape index (κ1) is 17.4. The molecular formula is C17H12ClN3O3. The number of aliphatic imine (C=N–C) groups is 1. The van der Waals surface area contributed by atoms with E-state index in [9.17, 15) is 14.4 Å². The molecule has 0 atom stereocenters. The first-order chi connectivity index (χ1) is 11.7. The molecule has 0 aliphatic carbocycles. The molecule has 0 saturated carbocycles. The maximum absolute atomic E-state index is 11.3. The van der Waals surface area contributed by atoms with Gasteiger partial charge in [-0.3, -0.25) is 4.98 Å². The van der Waals surface area contributed by atoms with Crippen LogP contribution >= 0.6 is 11.6 Å². The second-order valence-corrected chi connectivity index (χ2v) is 5.10. The van der Waals surface area contributed by atoms with Crippen molar-refractivity contribution >= 4 is 35.3 Å². The van der Waals surface area contributed by atoms with Gasteiger partial charge in [0.2, 0.25) is 0 Å². The third-order valence-electron chi connectivity index (χ3n) is 3.20. The average Bonchev–Trinajstić information content (AvgIpc) is 2.62. The van der Waals surface area contributed by atoms with E-state index in [1.807, 2.05) is 0 Å². The summed E-state index contributed by atoms with van der Waals surface area (Å²) in [6, 6.07) is 5.21. The number of pyridine rings is 1. The summed E-state index contributed by atoms with van der Waals surface area (Å²) in [6.07, 6.45) is 4.15. The lowest BCUT2D eigenvalue weighted by molar-refractivity contribution is 0.565. The van der Waals surface area contributed by atoms with Crippen LogP contribution in [0, 0.1) is 0 Å². The van der Waals surface area contributed by atoms with Crippen molar-refractivity contribution in [3.8, 4) is 0 Å². The molecule has 2 heterocycles. The molecule has 0 saturated heterocycles. The number of hydrogen-bond donors (Lipinski definition) is 1. The fourth-order valence-corrected chi connectivity index (χ4v) is 2.40. The topological polar surface area (TPSA) is 88.5 Å². The minimum atomic E-state index is -0.0166. The van der Waals surface area contributed by atoms with Gasteiger partial charge in [0.1, 0.15) is 28.4 Å². The lowest BCUT2D eigenvalue weighted by Gasteiger charge is -2.19. The zero-order valence-electron chi connectivity index (χ0n) is 12.5. The van der Waals surface area contributed by atoms with Gasteiger partial charge in [0, 0.05) is 11.8 Å². The predicted octanol–water partition coefficient (Wildman–Crippen LogP) is 1.91. The van der Waals surface area contributed by atoms with Gasteiger partial charge in [-0.1, -0.05) is 17.7 Å². The van der Waals surface area contributed by atoms with Crippen molar-refractivity contribution in [2.75, 3.05) is 0 Å². The van der Waals surface area contributed by atoms with Gasteiger partial charge in [-0.05, 0) is 37.5 Å². The van der Waals surface area contributed by atoms with Crippen LogP contribution in [0.25, 0.3) is 0 Å². The first-order valence-electron chi connectivity index (χ1n) is 7.07. The Hall–Kier alpha value is -3.00. The lowest BCUT2D eigenvalue weighted by atomic mass is 9.99. The van der Waals surface area contributed by atoms with Crippen LogP contribution in [-0.2, 0) is 14.4 Å². The largest absolute Gasteiger partial charge is 0.329 e. The molecule has 1 aliphatic heterocycles. The number of nitrogens with one attached hydrogen (secondary N) is 1. The number of aromatic nitrogens is 1. The average molecular weight is 342 g/mol. The summed E-state index contributed by atoms with van der Waals surface area (Å²) >= 11 is 6.17. The van der Waals surface area contributed by atoms with Crippen LogP contribution in [0.2, 0.25) is 0 Å². The van der Waals surface area contributed by atoms with Gasteiger partial charge in [0.05, 0.1) is 5.57 Å². The molecule has 0 fully saturated rings. The van der Waals surface area contributed by atoms with Gasteiger partial charge in [0.15, 0.2) is 11.8 Å². The summed E-state index contributed by atoms with van der Waals surface area (Å²) in [7, 11) is 0. The van der Waals surface area contributed by atoms with Crippen molar-refractivity contribution in [1.82, 2.24) is 10.3 Å². The standard InChI is InChI=1S/C17H12ClN3O3/c18-16-15(12(10-23)6-2-1-5-9-22)14(11-24)20-17(21-16)13-7-3-4-8-19-13/h3-5,7-8H,1-2,6H2,(H,20,21). The molecule has 1 aromatic heterocycles. The van der Waals surface area contributed by atoms with E-state index < -0.39 is 0 Å². The van der Waals surface area contributed by atoms with Crippen LogP contribution in [-0.4, -0.2) is 28.6 Å². The first-order valence-corrected chi connectivity index (χ1v) is 7.45. The Morgan fingerprint density at radius 3 is 2.75 bits per heavy atom. The molecule has 2 rings (SSSR count). The summed E-state index contributed by atoms with van der Waals surface area (Å²) < 4.78 is 0. The molecule has 1 aliphatic rings. The maximum Gasteiger partial charge on any atom is 0.158 e. The Morgan fingerprint density at radius 1 is 1.29 bits per heavy atom. The number of nitrogens with zero attached hydrogens (tertiary/aromatic N) is 2. The Kier molecular flexibility index (Phi) is 6.21. The Morgan fingerprint density at radius 2 is 2.12 bits per heavy atom. The van der Waals surface area contributed by atoms with Crippen LogP contribution in [0.4, 0.5) is 0 Å². The van der Waals surface area contributed by atoms with Crippen LogP contribution < -0.4 is 5.32 Å². The van der Waals surface area contributed by atoms with Gasteiger partial charge in [-0.15, -0.1) is 0 Å². The van der Waals surface area contributed by atoms with Crippen molar-refractivity contribution in [3.63, 3.8) is 0 Å². The van der Waals surface area contributed by atoms with E-state index in [1.165, 1.54) is 6.08 Å². The van der Waals surface area contributed by atoms with Gasteiger partial charge >= 0.3 is 0 Å². The van der Waals surface area contributed by atoms with E-state index in [-0.39, 0.29) is 34.3 Å². The predicted molar refractivity (Wildman–Crippen MR) is 89.3 cm³/mol. The number of allylic oxidation sites excluding steroid dienone is 2. The Balaban J connectivity index is 2.36. The molecule has 0 radical (unpaired) electrons. The molecule has 0 spiro atoms. The summed E-state index contributed by atoms with van der Waals surface area (Å²) in [6.45, 7) is 0.